The SMILES string of the molecule is CCCC[C@H](NC(=O)N[C@@H](CC(=O)O)c1ccc2c(c1)OCO2)C(=O)NCc1ccc(NCc2nccs2)cc1. The third-order valence-corrected chi connectivity index (χ3v) is 7.08. The van der Waals surface area contributed by atoms with Gasteiger partial charge in [0.1, 0.15) is 11.0 Å². The number of ether oxygens (including phenoxy) is 2. The van der Waals surface area contributed by atoms with Crippen LogP contribution in [0.25, 0.3) is 0 Å². The second kappa shape index (κ2) is 14.2. The fraction of sp³-hybridized carbons (Fsp3) is 0.357. The highest BCUT2D eigenvalue weighted by Gasteiger charge is 2.25. The van der Waals surface area contributed by atoms with Gasteiger partial charge in [-0.2, -0.15) is 0 Å². The van der Waals surface area contributed by atoms with Crippen LogP contribution in [-0.4, -0.2) is 40.8 Å². The van der Waals surface area contributed by atoms with E-state index >= 15 is 0 Å². The Bertz CT molecular complexity index is 1280. The largest absolute Gasteiger partial charge is 0.481 e. The summed E-state index contributed by atoms with van der Waals surface area (Å²) < 4.78 is 10.7. The number of nitrogens with zero attached hydrogens (tertiary/aromatic N) is 1. The van der Waals surface area contributed by atoms with Gasteiger partial charge in [-0.3, -0.25) is 9.59 Å². The number of carbonyl (C=O) groups is 3. The van der Waals surface area contributed by atoms with Crippen LogP contribution < -0.4 is 30.7 Å². The minimum Gasteiger partial charge on any atom is -0.481 e. The number of hydrogen-bond acceptors (Lipinski definition) is 8. The van der Waals surface area contributed by atoms with Gasteiger partial charge in [0, 0.05) is 23.8 Å². The van der Waals surface area contributed by atoms with Crippen LogP contribution in [0.3, 0.4) is 0 Å². The maximum atomic E-state index is 13.0. The number of carbonyl (C=O) groups excluding carboxylic acids is 2. The highest BCUT2D eigenvalue weighted by Crippen LogP contribution is 2.34. The van der Waals surface area contributed by atoms with Crippen LogP contribution in [0.15, 0.2) is 54.0 Å². The molecule has 1 aromatic heterocycles. The zero-order valence-corrected chi connectivity index (χ0v) is 23.0. The monoisotopic (exact) mass is 567 g/mol. The van der Waals surface area contributed by atoms with E-state index in [1.807, 2.05) is 36.6 Å². The molecule has 3 amide bonds. The van der Waals surface area contributed by atoms with Crippen LogP contribution in [-0.2, 0) is 22.7 Å². The fourth-order valence-corrected chi connectivity index (χ4v) is 4.72. The first-order valence-corrected chi connectivity index (χ1v) is 14.0. The van der Waals surface area contributed by atoms with Crippen LogP contribution in [0.2, 0.25) is 0 Å². The molecule has 1 aliphatic heterocycles. The number of carboxylic acids is 1. The lowest BCUT2D eigenvalue weighted by Gasteiger charge is -2.22. The van der Waals surface area contributed by atoms with Gasteiger partial charge in [-0.1, -0.05) is 38.0 Å². The maximum Gasteiger partial charge on any atom is 0.315 e. The normalized spacial score (nSPS) is 13.2. The van der Waals surface area contributed by atoms with Gasteiger partial charge in [-0.25, -0.2) is 9.78 Å². The van der Waals surface area contributed by atoms with Crippen molar-refractivity contribution in [1.82, 2.24) is 20.9 Å². The summed E-state index contributed by atoms with van der Waals surface area (Å²) >= 11 is 1.59. The Balaban J connectivity index is 1.32. The number of unbranched alkanes of at least 4 members (excludes halogenated alkanes) is 1. The number of nitrogens with one attached hydrogen (secondary N) is 4. The maximum absolute atomic E-state index is 13.0. The van der Waals surface area contributed by atoms with Crippen LogP contribution in [0.4, 0.5) is 10.5 Å². The molecule has 0 bridgehead atoms. The summed E-state index contributed by atoms with van der Waals surface area (Å²) in [5.41, 5.74) is 2.42. The van der Waals surface area contributed by atoms with Gasteiger partial charge in [-0.15, -0.1) is 11.3 Å². The van der Waals surface area contributed by atoms with Crippen LogP contribution in [0.5, 0.6) is 11.5 Å². The van der Waals surface area contributed by atoms with E-state index < -0.39 is 24.1 Å². The van der Waals surface area contributed by atoms with Crippen LogP contribution >= 0.6 is 11.3 Å². The van der Waals surface area contributed by atoms with E-state index in [-0.39, 0.29) is 19.1 Å². The number of urea groups is 1. The standard InChI is InChI=1S/C28H33N5O6S/c1-2-3-4-21(27(36)31-15-18-5-8-20(9-6-18)30-16-25-29-11-12-40-25)32-28(37)33-22(14-26(34)35)19-7-10-23-24(13-19)39-17-38-23/h5-13,21-22,30H,2-4,14-17H2,1H3,(H,31,36)(H,34,35)(H2,32,33,37)/t21-,22-/m0/s1. The lowest BCUT2D eigenvalue weighted by atomic mass is 10.0. The number of anilines is 1. The number of carboxylic acid groups (broad SMARTS) is 1. The van der Waals surface area contributed by atoms with Gasteiger partial charge < -0.3 is 35.8 Å². The van der Waals surface area contributed by atoms with Crippen molar-refractivity contribution in [3.05, 3.63) is 70.2 Å². The molecular weight excluding hydrogens is 534 g/mol. The molecule has 212 valence electrons. The summed E-state index contributed by atoms with van der Waals surface area (Å²) in [5.74, 6) is -0.348. The molecule has 0 unspecified atom stereocenters. The predicted molar refractivity (Wildman–Crippen MR) is 150 cm³/mol. The zero-order chi connectivity index (χ0) is 28.3. The van der Waals surface area contributed by atoms with Crippen LogP contribution in [0.1, 0.15) is 54.8 Å². The molecule has 1 aliphatic rings. The first kappa shape index (κ1) is 28.7. The van der Waals surface area contributed by atoms with Crippen molar-refractivity contribution in [1.29, 1.82) is 0 Å². The van der Waals surface area contributed by atoms with Crippen molar-refractivity contribution >= 4 is 34.9 Å². The van der Waals surface area contributed by atoms with Gasteiger partial charge in [-0.05, 0) is 41.8 Å². The Labute approximate surface area is 236 Å². The smallest absolute Gasteiger partial charge is 0.315 e. The number of aromatic nitrogens is 1. The summed E-state index contributed by atoms with van der Waals surface area (Å²) in [4.78, 5) is 41.7. The third kappa shape index (κ3) is 8.34. The first-order valence-electron chi connectivity index (χ1n) is 13.1. The fourth-order valence-electron chi connectivity index (χ4n) is 4.16. The van der Waals surface area contributed by atoms with Crippen molar-refractivity contribution in [3.8, 4) is 11.5 Å². The number of fused-ring (bicyclic) bond motifs is 1. The number of hydrogen-bond donors (Lipinski definition) is 5. The molecule has 5 N–H and O–H groups in total. The van der Waals surface area contributed by atoms with E-state index in [0.717, 1.165) is 29.1 Å². The Morgan fingerprint density at radius 2 is 1.85 bits per heavy atom. The molecule has 0 fully saturated rings. The van der Waals surface area contributed by atoms with Gasteiger partial charge in [0.25, 0.3) is 0 Å². The number of amides is 3. The summed E-state index contributed by atoms with van der Waals surface area (Å²) in [6, 6.07) is 10.5. The molecule has 11 nitrogen and oxygen atoms in total. The van der Waals surface area contributed by atoms with Gasteiger partial charge in [0.15, 0.2) is 11.5 Å². The van der Waals surface area contributed by atoms with Crippen LogP contribution in [0, 0.1) is 0 Å². The Morgan fingerprint density at radius 3 is 2.58 bits per heavy atom. The highest BCUT2D eigenvalue weighted by atomic mass is 32.1. The zero-order valence-electron chi connectivity index (χ0n) is 22.1. The molecular formula is C28H33N5O6S. The average Bonchev–Trinajstić information content (AvgIpc) is 3.64. The molecule has 40 heavy (non-hydrogen) atoms. The second-order valence-electron chi connectivity index (χ2n) is 9.27. The van der Waals surface area contributed by atoms with E-state index in [4.69, 9.17) is 9.47 Å². The van der Waals surface area contributed by atoms with E-state index in [0.29, 0.717) is 36.6 Å². The second-order valence-corrected chi connectivity index (χ2v) is 10.2. The Hall–Kier alpha value is -4.32. The molecule has 0 aliphatic carbocycles. The lowest BCUT2D eigenvalue weighted by molar-refractivity contribution is -0.137. The lowest BCUT2D eigenvalue weighted by Crippen LogP contribution is -2.50. The van der Waals surface area contributed by atoms with Crippen molar-refractivity contribution < 1.29 is 29.0 Å². The number of aliphatic carboxylic acids is 1. The summed E-state index contributed by atoms with van der Waals surface area (Å²) in [6.45, 7) is 3.03. The summed E-state index contributed by atoms with van der Waals surface area (Å²) in [5, 5.41) is 24.0. The van der Waals surface area contributed by atoms with E-state index in [1.165, 1.54) is 0 Å². The van der Waals surface area contributed by atoms with E-state index in [2.05, 4.69) is 26.3 Å². The van der Waals surface area contributed by atoms with Gasteiger partial charge >= 0.3 is 12.0 Å². The van der Waals surface area contributed by atoms with Gasteiger partial charge in [0.2, 0.25) is 12.7 Å². The molecule has 0 radical (unpaired) electrons. The molecule has 0 saturated carbocycles. The summed E-state index contributed by atoms with van der Waals surface area (Å²) in [7, 11) is 0. The Kier molecular flexibility index (Phi) is 10.2. The van der Waals surface area contributed by atoms with E-state index in [1.54, 1.807) is 35.7 Å². The predicted octanol–water partition coefficient (Wildman–Crippen LogP) is 4.17. The molecule has 2 atom stereocenters. The van der Waals surface area contributed by atoms with Gasteiger partial charge in [0.05, 0.1) is 19.0 Å². The minimum absolute atomic E-state index is 0.0822. The number of benzene rings is 2. The number of rotatable bonds is 14. The Morgan fingerprint density at radius 1 is 1.05 bits per heavy atom. The molecule has 12 heteroatoms. The van der Waals surface area contributed by atoms with E-state index in [9.17, 15) is 19.5 Å². The molecule has 0 spiro atoms. The number of thiazole rings is 1. The summed E-state index contributed by atoms with van der Waals surface area (Å²) in [6.07, 6.45) is 3.46. The topological polar surface area (TPSA) is 151 Å². The van der Waals surface area contributed by atoms with Crippen molar-refractivity contribution in [2.75, 3.05) is 12.1 Å². The molecule has 2 aromatic carbocycles. The first-order chi connectivity index (χ1) is 19.4. The quantitative estimate of drug-likeness (QED) is 0.195. The molecule has 3 aromatic rings. The van der Waals surface area contributed by atoms with Crippen molar-refractivity contribution in [3.63, 3.8) is 0 Å². The molecule has 2 heterocycles. The third-order valence-electron chi connectivity index (χ3n) is 6.30. The minimum atomic E-state index is -1.08. The molecule has 0 saturated heterocycles. The molecule has 4 rings (SSSR count). The highest BCUT2D eigenvalue weighted by molar-refractivity contribution is 7.09. The van der Waals surface area contributed by atoms with Crippen molar-refractivity contribution in [2.45, 2.75) is 57.8 Å². The average molecular weight is 568 g/mol. The van der Waals surface area contributed by atoms with Crippen molar-refractivity contribution in [2.24, 2.45) is 0 Å².